The first-order valence-electron chi connectivity index (χ1n) is 7.65. The number of hydrazone groups is 1. The van der Waals surface area contributed by atoms with Gasteiger partial charge in [-0.3, -0.25) is 4.79 Å². The number of rotatable bonds is 6. The minimum atomic E-state index is -0.371. The largest absolute Gasteiger partial charge is 0.496 e. The summed E-state index contributed by atoms with van der Waals surface area (Å²) in [6, 6.07) is 18.8. The maximum atomic E-state index is 12.3. The molecule has 3 rings (SSSR count). The molecule has 0 radical (unpaired) electrons. The first kappa shape index (κ1) is 18.3. The van der Waals surface area contributed by atoms with E-state index in [9.17, 15) is 4.79 Å². The van der Waals surface area contributed by atoms with Gasteiger partial charge in [0.15, 0.2) is 5.09 Å². The molecule has 0 aliphatic heterocycles. The molecule has 0 aliphatic carbocycles. The van der Waals surface area contributed by atoms with Crippen LogP contribution in [0.2, 0.25) is 0 Å². The highest BCUT2D eigenvalue weighted by atomic mass is 79.9. The van der Waals surface area contributed by atoms with E-state index in [1.165, 1.54) is 25.1 Å². The molecule has 3 aromatic rings. The highest BCUT2D eigenvalue weighted by Gasteiger charge is 2.12. The molecule has 0 unspecified atom stereocenters. The summed E-state index contributed by atoms with van der Waals surface area (Å²) in [7, 11) is 1.51. The average Bonchev–Trinajstić information content (AvgIpc) is 3.09. The lowest BCUT2D eigenvalue weighted by Crippen LogP contribution is -2.18. The van der Waals surface area contributed by atoms with E-state index in [-0.39, 0.29) is 5.91 Å². The molecule has 0 saturated heterocycles. The number of benzene rings is 2. The van der Waals surface area contributed by atoms with Crippen molar-refractivity contribution in [1.29, 1.82) is 0 Å². The number of furan rings is 1. The number of ether oxygens (including phenoxy) is 1. The topological polar surface area (TPSA) is 63.8 Å². The molecule has 1 heterocycles. The van der Waals surface area contributed by atoms with E-state index >= 15 is 0 Å². The summed E-state index contributed by atoms with van der Waals surface area (Å²) in [6.45, 7) is 0. The van der Waals surface area contributed by atoms with Crippen LogP contribution in [0.15, 0.2) is 84.6 Å². The van der Waals surface area contributed by atoms with Gasteiger partial charge in [-0.25, -0.2) is 5.43 Å². The van der Waals surface area contributed by atoms with Crippen LogP contribution in [0.4, 0.5) is 0 Å². The van der Waals surface area contributed by atoms with Gasteiger partial charge in [0.25, 0.3) is 5.91 Å². The van der Waals surface area contributed by atoms with Gasteiger partial charge in [0, 0.05) is 9.37 Å². The molecule has 1 amide bonds. The zero-order valence-electron chi connectivity index (χ0n) is 13.8. The Morgan fingerprint density at radius 3 is 2.77 bits per heavy atom. The van der Waals surface area contributed by atoms with E-state index in [4.69, 9.17) is 9.15 Å². The third kappa shape index (κ3) is 4.77. The van der Waals surface area contributed by atoms with Gasteiger partial charge in [0.2, 0.25) is 0 Å². The van der Waals surface area contributed by atoms with Crippen molar-refractivity contribution in [3.8, 4) is 5.75 Å². The second-order valence-electron chi connectivity index (χ2n) is 5.12. The molecule has 5 nitrogen and oxygen atoms in total. The molecular weight excluding hydrogens is 416 g/mol. The molecule has 0 spiro atoms. The van der Waals surface area contributed by atoms with Gasteiger partial charge in [-0.2, -0.15) is 5.10 Å². The number of carbonyl (C=O) groups is 1. The zero-order valence-corrected chi connectivity index (χ0v) is 16.2. The minimum absolute atomic E-state index is 0.371. The molecule has 1 aromatic heterocycles. The van der Waals surface area contributed by atoms with E-state index in [1.54, 1.807) is 24.3 Å². The summed E-state index contributed by atoms with van der Waals surface area (Å²) >= 11 is 4.85. The summed E-state index contributed by atoms with van der Waals surface area (Å²) in [5.74, 6) is 0.648. The monoisotopic (exact) mass is 430 g/mol. The lowest BCUT2D eigenvalue weighted by molar-refractivity contribution is 0.0952. The highest BCUT2D eigenvalue weighted by molar-refractivity contribution is 9.10. The SMILES string of the molecule is COc1ccc(Br)cc1C(=O)N/N=C\c1ccc(Sc2ccccc2)o1. The Morgan fingerprint density at radius 2 is 2.00 bits per heavy atom. The van der Waals surface area contributed by atoms with E-state index in [2.05, 4.69) is 26.5 Å². The van der Waals surface area contributed by atoms with Gasteiger partial charge < -0.3 is 9.15 Å². The second-order valence-corrected chi connectivity index (χ2v) is 7.11. The van der Waals surface area contributed by atoms with Gasteiger partial charge in [0.05, 0.1) is 18.9 Å². The van der Waals surface area contributed by atoms with Gasteiger partial charge in [-0.1, -0.05) is 45.9 Å². The van der Waals surface area contributed by atoms with Crippen molar-refractivity contribution in [3.63, 3.8) is 0 Å². The molecule has 26 heavy (non-hydrogen) atoms. The molecule has 0 bridgehead atoms. The van der Waals surface area contributed by atoms with E-state index in [0.717, 1.165) is 14.5 Å². The molecule has 0 saturated carbocycles. The minimum Gasteiger partial charge on any atom is -0.496 e. The van der Waals surface area contributed by atoms with Gasteiger partial charge in [0.1, 0.15) is 11.5 Å². The van der Waals surface area contributed by atoms with Crippen molar-refractivity contribution in [3.05, 3.63) is 76.5 Å². The van der Waals surface area contributed by atoms with Crippen LogP contribution in [-0.4, -0.2) is 19.2 Å². The Balaban J connectivity index is 1.62. The Morgan fingerprint density at radius 1 is 1.19 bits per heavy atom. The Bertz CT molecular complexity index is 926. The summed E-state index contributed by atoms with van der Waals surface area (Å²) < 4.78 is 11.6. The van der Waals surface area contributed by atoms with Gasteiger partial charge >= 0.3 is 0 Å². The number of methoxy groups -OCH3 is 1. The fourth-order valence-corrected chi connectivity index (χ4v) is 3.30. The van der Waals surface area contributed by atoms with Gasteiger partial charge in [-0.05, 0) is 42.5 Å². The summed E-state index contributed by atoms with van der Waals surface area (Å²) in [4.78, 5) is 13.3. The number of hydrogen-bond acceptors (Lipinski definition) is 5. The number of carbonyl (C=O) groups excluding carboxylic acids is 1. The molecule has 7 heteroatoms. The van der Waals surface area contributed by atoms with Crippen LogP contribution in [0.3, 0.4) is 0 Å². The smallest absolute Gasteiger partial charge is 0.275 e. The summed E-state index contributed by atoms with van der Waals surface area (Å²) in [6.07, 6.45) is 1.46. The quantitative estimate of drug-likeness (QED) is 0.443. The van der Waals surface area contributed by atoms with E-state index in [1.807, 2.05) is 36.4 Å². The van der Waals surface area contributed by atoms with Crippen molar-refractivity contribution >= 4 is 39.8 Å². The van der Waals surface area contributed by atoms with Crippen LogP contribution in [0.25, 0.3) is 0 Å². The van der Waals surface area contributed by atoms with Crippen molar-refractivity contribution in [2.24, 2.45) is 5.10 Å². The molecule has 132 valence electrons. The van der Waals surface area contributed by atoms with E-state index in [0.29, 0.717) is 17.1 Å². The predicted molar refractivity (Wildman–Crippen MR) is 105 cm³/mol. The number of halogens is 1. The zero-order chi connectivity index (χ0) is 18.4. The van der Waals surface area contributed by atoms with Crippen LogP contribution in [0, 0.1) is 0 Å². The molecule has 0 atom stereocenters. The summed E-state index contributed by atoms with van der Waals surface area (Å²) in [5, 5.41) is 4.69. The van der Waals surface area contributed by atoms with Crippen LogP contribution in [0.1, 0.15) is 16.1 Å². The average molecular weight is 431 g/mol. The third-order valence-corrected chi connectivity index (χ3v) is 4.75. The van der Waals surface area contributed by atoms with Crippen molar-refractivity contribution < 1.29 is 13.9 Å². The number of nitrogens with zero attached hydrogens (tertiary/aromatic N) is 1. The Labute approximate surface area is 163 Å². The molecule has 2 aromatic carbocycles. The molecule has 0 aliphatic rings. The van der Waals surface area contributed by atoms with Crippen molar-refractivity contribution in [2.45, 2.75) is 9.99 Å². The van der Waals surface area contributed by atoms with Crippen LogP contribution >= 0.6 is 27.7 Å². The predicted octanol–water partition coefficient (Wildman–Crippen LogP) is 4.97. The second kappa shape index (κ2) is 8.73. The summed E-state index contributed by atoms with van der Waals surface area (Å²) in [5.41, 5.74) is 2.86. The highest BCUT2D eigenvalue weighted by Crippen LogP contribution is 2.28. The lowest BCUT2D eigenvalue weighted by atomic mass is 10.2. The standard InChI is InChI=1S/C19H15BrN2O3S/c1-24-17-9-7-13(20)11-16(17)19(23)22-21-12-14-8-10-18(25-14)26-15-5-3-2-4-6-15/h2-12H,1H3,(H,22,23)/b21-12-. The van der Waals surface area contributed by atoms with Crippen LogP contribution < -0.4 is 10.2 Å². The molecular formula is C19H15BrN2O3S. The number of nitrogens with one attached hydrogen (secondary N) is 1. The first-order valence-corrected chi connectivity index (χ1v) is 9.26. The third-order valence-electron chi connectivity index (χ3n) is 3.33. The fourth-order valence-electron chi connectivity index (χ4n) is 2.14. The molecule has 0 fully saturated rings. The van der Waals surface area contributed by atoms with Crippen LogP contribution in [0.5, 0.6) is 5.75 Å². The Hall–Kier alpha value is -2.51. The number of amides is 1. The van der Waals surface area contributed by atoms with Gasteiger partial charge in [-0.15, -0.1) is 0 Å². The lowest BCUT2D eigenvalue weighted by Gasteiger charge is -2.07. The van der Waals surface area contributed by atoms with Crippen molar-refractivity contribution in [2.75, 3.05) is 7.11 Å². The maximum absolute atomic E-state index is 12.3. The number of hydrogen-bond donors (Lipinski definition) is 1. The van der Waals surface area contributed by atoms with Crippen molar-refractivity contribution in [1.82, 2.24) is 5.43 Å². The van der Waals surface area contributed by atoms with Crippen LogP contribution in [-0.2, 0) is 0 Å². The van der Waals surface area contributed by atoms with E-state index < -0.39 is 0 Å². The normalized spacial score (nSPS) is 10.8. The fraction of sp³-hybridized carbons (Fsp3) is 0.0526. The molecule has 1 N–H and O–H groups in total. The maximum Gasteiger partial charge on any atom is 0.275 e. The Kier molecular flexibility index (Phi) is 6.14. The first-order chi connectivity index (χ1) is 12.7.